The number of pyridine rings is 1. The molecule has 0 spiro atoms. The summed E-state index contributed by atoms with van der Waals surface area (Å²) in [4.78, 5) is 13.7. The molecule has 1 rings (SSSR count). The SMILES string of the molecule is O=CCOCc1ccncc1. The molecule has 0 unspecified atom stereocenters. The zero-order valence-electron chi connectivity index (χ0n) is 6.06. The molecule has 0 aliphatic carbocycles. The largest absolute Gasteiger partial charge is 0.369 e. The number of carbonyl (C=O) groups is 1. The highest BCUT2D eigenvalue weighted by molar-refractivity contribution is 5.50. The van der Waals surface area contributed by atoms with E-state index in [1.54, 1.807) is 12.4 Å². The first-order valence-corrected chi connectivity index (χ1v) is 3.34. The van der Waals surface area contributed by atoms with E-state index >= 15 is 0 Å². The third-order valence-corrected chi connectivity index (χ3v) is 1.20. The summed E-state index contributed by atoms with van der Waals surface area (Å²) in [6.07, 6.45) is 4.13. The minimum atomic E-state index is 0.155. The fourth-order valence-corrected chi connectivity index (χ4v) is 0.704. The summed E-state index contributed by atoms with van der Waals surface area (Å²) in [5, 5.41) is 0. The standard InChI is InChI=1S/C8H9NO2/c10-5-6-11-7-8-1-3-9-4-2-8/h1-5H,6-7H2. The van der Waals surface area contributed by atoms with E-state index in [0.29, 0.717) is 6.61 Å². The fourth-order valence-electron chi connectivity index (χ4n) is 0.704. The number of aromatic nitrogens is 1. The Balaban J connectivity index is 2.33. The summed E-state index contributed by atoms with van der Waals surface area (Å²) >= 11 is 0. The van der Waals surface area contributed by atoms with Gasteiger partial charge in [-0.2, -0.15) is 0 Å². The van der Waals surface area contributed by atoms with E-state index in [4.69, 9.17) is 4.74 Å². The van der Waals surface area contributed by atoms with E-state index in [0.717, 1.165) is 11.8 Å². The predicted octanol–water partition coefficient (Wildman–Crippen LogP) is 0.797. The Morgan fingerprint density at radius 2 is 2.18 bits per heavy atom. The lowest BCUT2D eigenvalue weighted by atomic mass is 10.3. The van der Waals surface area contributed by atoms with Gasteiger partial charge in [0.15, 0.2) is 0 Å². The van der Waals surface area contributed by atoms with Crippen LogP contribution in [-0.2, 0) is 16.1 Å². The Hall–Kier alpha value is -1.22. The average molecular weight is 151 g/mol. The van der Waals surface area contributed by atoms with Crippen LogP contribution in [0, 0.1) is 0 Å². The normalized spacial score (nSPS) is 9.45. The monoisotopic (exact) mass is 151 g/mol. The van der Waals surface area contributed by atoms with Crippen LogP contribution < -0.4 is 0 Å². The molecular formula is C8H9NO2. The van der Waals surface area contributed by atoms with E-state index in [9.17, 15) is 4.79 Å². The van der Waals surface area contributed by atoms with Crippen molar-refractivity contribution < 1.29 is 9.53 Å². The maximum absolute atomic E-state index is 9.86. The van der Waals surface area contributed by atoms with Gasteiger partial charge in [-0.25, -0.2) is 0 Å². The molecule has 1 aromatic rings. The molecule has 0 radical (unpaired) electrons. The molecule has 0 atom stereocenters. The number of hydrogen-bond acceptors (Lipinski definition) is 3. The molecule has 0 N–H and O–H groups in total. The van der Waals surface area contributed by atoms with Gasteiger partial charge in [-0.3, -0.25) is 4.98 Å². The summed E-state index contributed by atoms with van der Waals surface area (Å²) in [5.74, 6) is 0. The van der Waals surface area contributed by atoms with Crippen molar-refractivity contribution in [3.05, 3.63) is 30.1 Å². The maximum Gasteiger partial charge on any atom is 0.145 e. The van der Waals surface area contributed by atoms with Crippen molar-refractivity contribution >= 4 is 6.29 Å². The first-order chi connectivity index (χ1) is 5.43. The van der Waals surface area contributed by atoms with Crippen molar-refractivity contribution in [1.29, 1.82) is 0 Å². The zero-order valence-corrected chi connectivity index (χ0v) is 6.06. The molecule has 0 saturated carbocycles. The Bertz CT molecular complexity index is 211. The maximum atomic E-state index is 9.86. The number of aldehydes is 1. The Kier molecular flexibility index (Phi) is 3.28. The Labute approximate surface area is 65.0 Å². The molecule has 0 bridgehead atoms. The van der Waals surface area contributed by atoms with Crippen LogP contribution in [0.4, 0.5) is 0 Å². The molecule has 11 heavy (non-hydrogen) atoms. The van der Waals surface area contributed by atoms with E-state index < -0.39 is 0 Å². The van der Waals surface area contributed by atoms with Gasteiger partial charge < -0.3 is 9.53 Å². The molecule has 0 amide bonds. The summed E-state index contributed by atoms with van der Waals surface area (Å²) in [6.45, 7) is 0.629. The second-order valence-corrected chi connectivity index (χ2v) is 2.04. The van der Waals surface area contributed by atoms with Crippen LogP contribution in [0.15, 0.2) is 24.5 Å². The molecule has 0 aliphatic heterocycles. The van der Waals surface area contributed by atoms with Gasteiger partial charge in [-0.1, -0.05) is 0 Å². The van der Waals surface area contributed by atoms with Crippen LogP contribution in [-0.4, -0.2) is 17.9 Å². The van der Waals surface area contributed by atoms with Crippen LogP contribution in [0.25, 0.3) is 0 Å². The predicted molar refractivity (Wildman–Crippen MR) is 40.0 cm³/mol. The fraction of sp³-hybridized carbons (Fsp3) is 0.250. The van der Waals surface area contributed by atoms with Gasteiger partial charge in [0.25, 0.3) is 0 Å². The Morgan fingerprint density at radius 3 is 2.82 bits per heavy atom. The van der Waals surface area contributed by atoms with E-state index in [-0.39, 0.29) is 6.61 Å². The molecule has 0 aromatic carbocycles. The molecular weight excluding hydrogens is 142 g/mol. The molecule has 58 valence electrons. The van der Waals surface area contributed by atoms with Gasteiger partial charge in [-0.15, -0.1) is 0 Å². The summed E-state index contributed by atoms with van der Waals surface area (Å²) in [5.41, 5.74) is 1.03. The summed E-state index contributed by atoms with van der Waals surface area (Å²) < 4.78 is 4.97. The highest BCUT2D eigenvalue weighted by Crippen LogP contribution is 1.97. The van der Waals surface area contributed by atoms with E-state index in [1.165, 1.54) is 0 Å². The topological polar surface area (TPSA) is 39.2 Å². The molecule has 0 saturated heterocycles. The third kappa shape index (κ3) is 2.91. The van der Waals surface area contributed by atoms with Crippen molar-refractivity contribution in [1.82, 2.24) is 4.98 Å². The summed E-state index contributed by atoms with van der Waals surface area (Å²) in [6, 6.07) is 3.70. The van der Waals surface area contributed by atoms with E-state index in [1.807, 2.05) is 12.1 Å². The average Bonchev–Trinajstić information content (AvgIpc) is 2.07. The van der Waals surface area contributed by atoms with Gasteiger partial charge in [0, 0.05) is 12.4 Å². The number of rotatable bonds is 4. The highest BCUT2D eigenvalue weighted by Gasteiger charge is 1.89. The van der Waals surface area contributed by atoms with Gasteiger partial charge in [0.2, 0.25) is 0 Å². The van der Waals surface area contributed by atoms with Crippen LogP contribution in [0.1, 0.15) is 5.56 Å². The number of carbonyl (C=O) groups excluding carboxylic acids is 1. The third-order valence-electron chi connectivity index (χ3n) is 1.20. The summed E-state index contributed by atoms with van der Waals surface area (Å²) in [7, 11) is 0. The van der Waals surface area contributed by atoms with E-state index in [2.05, 4.69) is 4.98 Å². The number of ether oxygens (including phenoxy) is 1. The van der Waals surface area contributed by atoms with Crippen LogP contribution in [0.2, 0.25) is 0 Å². The first-order valence-electron chi connectivity index (χ1n) is 3.34. The first kappa shape index (κ1) is 7.88. The minimum Gasteiger partial charge on any atom is -0.369 e. The van der Waals surface area contributed by atoms with Crippen LogP contribution >= 0.6 is 0 Å². The van der Waals surface area contributed by atoms with Crippen molar-refractivity contribution in [2.45, 2.75) is 6.61 Å². The second kappa shape index (κ2) is 4.57. The molecule has 3 heteroatoms. The molecule has 0 fully saturated rings. The van der Waals surface area contributed by atoms with Crippen molar-refractivity contribution in [2.24, 2.45) is 0 Å². The lowest BCUT2D eigenvalue weighted by Crippen LogP contribution is -1.95. The van der Waals surface area contributed by atoms with Crippen molar-refractivity contribution in [2.75, 3.05) is 6.61 Å². The highest BCUT2D eigenvalue weighted by atomic mass is 16.5. The van der Waals surface area contributed by atoms with Gasteiger partial charge in [0.1, 0.15) is 12.9 Å². The lowest BCUT2D eigenvalue weighted by Gasteiger charge is -1.98. The van der Waals surface area contributed by atoms with Gasteiger partial charge in [-0.05, 0) is 17.7 Å². The van der Waals surface area contributed by atoms with Gasteiger partial charge >= 0.3 is 0 Å². The molecule has 1 aromatic heterocycles. The van der Waals surface area contributed by atoms with Crippen LogP contribution in [0.3, 0.4) is 0 Å². The molecule has 3 nitrogen and oxygen atoms in total. The van der Waals surface area contributed by atoms with Crippen LogP contribution in [0.5, 0.6) is 0 Å². The Morgan fingerprint density at radius 1 is 1.45 bits per heavy atom. The second-order valence-electron chi connectivity index (χ2n) is 2.04. The van der Waals surface area contributed by atoms with Crippen molar-refractivity contribution in [3.63, 3.8) is 0 Å². The van der Waals surface area contributed by atoms with Crippen molar-refractivity contribution in [3.8, 4) is 0 Å². The molecule has 1 heterocycles. The minimum absolute atomic E-state index is 0.155. The van der Waals surface area contributed by atoms with Gasteiger partial charge in [0.05, 0.1) is 6.61 Å². The number of hydrogen-bond donors (Lipinski definition) is 0. The lowest BCUT2D eigenvalue weighted by molar-refractivity contribution is -0.112. The quantitative estimate of drug-likeness (QED) is 0.472. The number of nitrogens with zero attached hydrogens (tertiary/aromatic N) is 1. The zero-order chi connectivity index (χ0) is 7.94. The molecule has 0 aliphatic rings. The smallest absolute Gasteiger partial charge is 0.145 e.